The molecular formula is C14H28N2O2S. The Kier molecular flexibility index (Phi) is 5.26. The molecule has 0 spiro atoms. The fraction of sp³-hybridized carbons (Fsp3) is 1.00. The number of piperidine rings is 1. The van der Waals surface area contributed by atoms with Gasteiger partial charge in [-0.3, -0.25) is 0 Å². The zero-order valence-electron chi connectivity index (χ0n) is 12.3. The Balaban J connectivity index is 2.00. The first-order valence-corrected chi connectivity index (χ1v) is 9.28. The van der Waals surface area contributed by atoms with Gasteiger partial charge in [0.05, 0.1) is 5.25 Å². The first kappa shape index (κ1) is 15.3. The highest BCUT2D eigenvalue weighted by Crippen LogP contribution is 2.30. The molecule has 0 bridgehead atoms. The number of nitrogens with one attached hydrogen (secondary N) is 1. The Morgan fingerprint density at radius 2 is 1.89 bits per heavy atom. The predicted molar refractivity (Wildman–Crippen MR) is 78.6 cm³/mol. The number of hydrogen-bond donors (Lipinski definition) is 1. The molecule has 2 aliphatic rings. The molecule has 2 unspecified atom stereocenters. The van der Waals surface area contributed by atoms with Crippen molar-refractivity contribution < 1.29 is 8.42 Å². The molecule has 2 rings (SSSR count). The van der Waals surface area contributed by atoms with Crippen LogP contribution in [0.15, 0.2) is 0 Å². The van der Waals surface area contributed by atoms with Crippen molar-refractivity contribution >= 4 is 10.0 Å². The van der Waals surface area contributed by atoms with Crippen LogP contribution in [-0.2, 0) is 10.0 Å². The summed E-state index contributed by atoms with van der Waals surface area (Å²) in [5, 5.41) is 3.34. The van der Waals surface area contributed by atoms with Gasteiger partial charge in [-0.05, 0) is 45.1 Å². The average molecular weight is 288 g/mol. The molecule has 19 heavy (non-hydrogen) atoms. The predicted octanol–water partition coefficient (Wildman–Crippen LogP) is 1.97. The zero-order chi connectivity index (χ0) is 13.9. The topological polar surface area (TPSA) is 49.4 Å². The fourth-order valence-corrected chi connectivity index (χ4v) is 5.63. The van der Waals surface area contributed by atoms with Gasteiger partial charge in [0.25, 0.3) is 0 Å². The molecule has 112 valence electrons. The van der Waals surface area contributed by atoms with Crippen molar-refractivity contribution in [2.45, 2.75) is 63.7 Å². The van der Waals surface area contributed by atoms with Crippen LogP contribution in [-0.4, -0.2) is 43.6 Å². The summed E-state index contributed by atoms with van der Waals surface area (Å²) in [5.74, 6) is 0.463. The number of hydrogen-bond acceptors (Lipinski definition) is 3. The molecule has 1 aliphatic heterocycles. The molecular weight excluding hydrogens is 260 g/mol. The summed E-state index contributed by atoms with van der Waals surface area (Å²) in [6, 6.07) is 0.409. The maximum atomic E-state index is 12.6. The smallest absolute Gasteiger partial charge is 0.216 e. The van der Waals surface area contributed by atoms with Crippen LogP contribution in [0.4, 0.5) is 0 Å². The van der Waals surface area contributed by atoms with E-state index in [2.05, 4.69) is 19.2 Å². The standard InChI is InChI=1S/C14H28N2O2S/c1-3-15-12(2)13-7-6-10-16(11-13)19(17,18)14-8-4-5-9-14/h12-15H,3-11H2,1-2H3. The van der Waals surface area contributed by atoms with Crippen molar-refractivity contribution in [3.8, 4) is 0 Å². The molecule has 1 N–H and O–H groups in total. The van der Waals surface area contributed by atoms with Gasteiger partial charge in [-0.25, -0.2) is 12.7 Å². The summed E-state index contributed by atoms with van der Waals surface area (Å²) >= 11 is 0. The van der Waals surface area contributed by atoms with Crippen LogP contribution in [0.2, 0.25) is 0 Å². The van der Waals surface area contributed by atoms with Crippen molar-refractivity contribution in [1.29, 1.82) is 0 Å². The van der Waals surface area contributed by atoms with Gasteiger partial charge in [-0.1, -0.05) is 19.8 Å². The highest BCUT2D eigenvalue weighted by molar-refractivity contribution is 7.89. The average Bonchev–Trinajstić information content (AvgIpc) is 2.94. The van der Waals surface area contributed by atoms with Gasteiger partial charge in [-0.15, -0.1) is 0 Å². The Morgan fingerprint density at radius 1 is 1.21 bits per heavy atom. The lowest BCUT2D eigenvalue weighted by molar-refractivity contribution is 0.224. The summed E-state index contributed by atoms with van der Waals surface area (Å²) in [5.41, 5.74) is 0. The Hall–Kier alpha value is -0.130. The van der Waals surface area contributed by atoms with E-state index in [1.54, 1.807) is 4.31 Å². The van der Waals surface area contributed by atoms with E-state index >= 15 is 0 Å². The molecule has 2 atom stereocenters. The third kappa shape index (κ3) is 3.50. The van der Waals surface area contributed by atoms with E-state index in [4.69, 9.17) is 0 Å². The molecule has 0 aromatic carbocycles. The maximum Gasteiger partial charge on any atom is 0.216 e. The van der Waals surface area contributed by atoms with E-state index in [0.29, 0.717) is 18.5 Å². The van der Waals surface area contributed by atoms with Crippen LogP contribution in [0.3, 0.4) is 0 Å². The second kappa shape index (κ2) is 6.55. The van der Waals surface area contributed by atoms with Crippen molar-refractivity contribution in [3.05, 3.63) is 0 Å². The molecule has 2 fully saturated rings. The molecule has 1 saturated heterocycles. The van der Waals surface area contributed by atoms with E-state index in [0.717, 1.165) is 51.6 Å². The summed E-state index contributed by atoms with van der Waals surface area (Å²) in [6.45, 7) is 6.68. The van der Waals surface area contributed by atoms with Crippen molar-refractivity contribution in [1.82, 2.24) is 9.62 Å². The van der Waals surface area contributed by atoms with Gasteiger partial charge in [0.15, 0.2) is 0 Å². The summed E-state index contributed by atoms with van der Waals surface area (Å²) in [7, 11) is -3.04. The molecule has 1 aliphatic carbocycles. The van der Waals surface area contributed by atoms with Crippen LogP contribution in [0.25, 0.3) is 0 Å². The summed E-state index contributed by atoms with van der Waals surface area (Å²) in [6.07, 6.45) is 6.04. The number of nitrogens with zero attached hydrogens (tertiary/aromatic N) is 1. The molecule has 0 aromatic heterocycles. The minimum atomic E-state index is -3.04. The molecule has 0 radical (unpaired) electrons. The Labute approximate surface area is 118 Å². The highest BCUT2D eigenvalue weighted by Gasteiger charge is 2.37. The lowest BCUT2D eigenvalue weighted by Gasteiger charge is -2.36. The minimum absolute atomic E-state index is 0.0966. The fourth-order valence-electron chi connectivity index (χ4n) is 3.50. The second-order valence-electron chi connectivity index (χ2n) is 6.06. The lowest BCUT2D eigenvalue weighted by atomic mass is 9.93. The number of sulfonamides is 1. The molecule has 1 saturated carbocycles. The van der Waals surface area contributed by atoms with Crippen molar-refractivity contribution in [2.24, 2.45) is 5.92 Å². The summed E-state index contributed by atoms with van der Waals surface area (Å²) < 4.78 is 27.0. The minimum Gasteiger partial charge on any atom is -0.314 e. The van der Waals surface area contributed by atoms with E-state index in [1.807, 2.05) is 0 Å². The zero-order valence-corrected chi connectivity index (χ0v) is 13.1. The maximum absolute atomic E-state index is 12.6. The first-order chi connectivity index (χ1) is 9.05. The van der Waals surface area contributed by atoms with Gasteiger partial charge >= 0.3 is 0 Å². The normalized spacial score (nSPS) is 28.6. The van der Waals surface area contributed by atoms with Crippen LogP contribution >= 0.6 is 0 Å². The van der Waals surface area contributed by atoms with E-state index in [9.17, 15) is 8.42 Å². The van der Waals surface area contributed by atoms with Gasteiger partial charge in [-0.2, -0.15) is 0 Å². The van der Waals surface area contributed by atoms with E-state index in [1.165, 1.54) is 0 Å². The molecule has 5 heteroatoms. The third-order valence-electron chi connectivity index (χ3n) is 4.74. The third-order valence-corrected chi connectivity index (χ3v) is 7.10. The lowest BCUT2D eigenvalue weighted by Crippen LogP contribution is -2.48. The largest absolute Gasteiger partial charge is 0.314 e. The van der Waals surface area contributed by atoms with E-state index < -0.39 is 10.0 Å². The van der Waals surface area contributed by atoms with Crippen LogP contribution in [0, 0.1) is 5.92 Å². The second-order valence-corrected chi connectivity index (χ2v) is 8.27. The Bertz CT molecular complexity index is 377. The van der Waals surface area contributed by atoms with Crippen molar-refractivity contribution in [2.75, 3.05) is 19.6 Å². The Morgan fingerprint density at radius 3 is 2.53 bits per heavy atom. The monoisotopic (exact) mass is 288 g/mol. The highest BCUT2D eigenvalue weighted by atomic mass is 32.2. The van der Waals surface area contributed by atoms with E-state index in [-0.39, 0.29) is 5.25 Å². The van der Waals surface area contributed by atoms with Gasteiger partial charge < -0.3 is 5.32 Å². The summed E-state index contributed by atoms with van der Waals surface area (Å²) in [4.78, 5) is 0. The van der Waals surface area contributed by atoms with Gasteiger partial charge in [0.1, 0.15) is 0 Å². The quantitative estimate of drug-likeness (QED) is 0.841. The molecule has 0 aromatic rings. The molecule has 1 heterocycles. The SMILES string of the molecule is CCNC(C)C1CCCN(S(=O)(=O)C2CCCC2)C1. The first-order valence-electron chi connectivity index (χ1n) is 7.78. The van der Waals surface area contributed by atoms with Crippen LogP contribution < -0.4 is 5.32 Å². The molecule has 0 amide bonds. The van der Waals surface area contributed by atoms with Gasteiger partial charge in [0.2, 0.25) is 10.0 Å². The number of rotatable bonds is 5. The van der Waals surface area contributed by atoms with Crippen molar-refractivity contribution in [3.63, 3.8) is 0 Å². The van der Waals surface area contributed by atoms with Crippen LogP contribution in [0.1, 0.15) is 52.4 Å². The molecule has 4 nitrogen and oxygen atoms in total. The van der Waals surface area contributed by atoms with Crippen LogP contribution in [0.5, 0.6) is 0 Å². The van der Waals surface area contributed by atoms with Gasteiger partial charge in [0, 0.05) is 19.1 Å².